The van der Waals surface area contributed by atoms with E-state index in [9.17, 15) is 0 Å². The maximum Gasteiger partial charge on any atom is 0.124 e. The quantitative estimate of drug-likeness (QED) is 0.665. The summed E-state index contributed by atoms with van der Waals surface area (Å²) in [7, 11) is 2.12. The monoisotopic (exact) mass is 305 g/mol. The molecule has 2 saturated heterocycles. The molecule has 0 saturated carbocycles. The summed E-state index contributed by atoms with van der Waals surface area (Å²) >= 11 is 2.00. The largest absolute Gasteiger partial charge is 0.384 e. The third-order valence-corrected chi connectivity index (χ3v) is 5.88. The summed E-state index contributed by atoms with van der Waals surface area (Å²) in [6.07, 6.45) is 3.27. The molecule has 114 valence electrons. The molecule has 0 radical (unpaired) electrons. The zero-order valence-electron chi connectivity index (χ0n) is 12.5. The number of nitrogens with one attached hydrogen (secondary N) is 1. The summed E-state index contributed by atoms with van der Waals surface area (Å²) < 4.78 is 6.11. The maximum atomic E-state index is 7.77. The second-order valence-electron chi connectivity index (χ2n) is 6.02. The van der Waals surface area contributed by atoms with Crippen LogP contribution in [0.4, 0.5) is 5.69 Å². The fourth-order valence-electron chi connectivity index (χ4n) is 3.40. The lowest BCUT2D eigenvalue weighted by molar-refractivity contribution is -0.0658. The molecule has 0 bridgehead atoms. The molecule has 1 spiro atoms. The lowest BCUT2D eigenvalue weighted by atomic mass is 9.88. The molecule has 2 aliphatic rings. The molecule has 3 N–H and O–H groups in total. The molecule has 2 atom stereocenters. The van der Waals surface area contributed by atoms with Crippen LogP contribution in [0.25, 0.3) is 0 Å². The molecule has 1 aromatic rings. The van der Waals surface area contributed by atoms with Crippen molar-refractivity contribution in [3.8, 4) is 0 Å². The third-order valence-electron chi connectivity index (χ3n) is 4.66. The summed E-state index contributed by atoms with van der Waals surface area (Å²) in [4.78, 5) is 2.30. The second-order valence-corrected chi connectivity index (χ2v) is 7.13. The fourth-order valence-corrected chi connectivity index (χ4v) is 4.78. The van der Waals surface area contributed by atoms with Crippen LogP contribution >= 0.6 is 11.8 Å². The normalized spacial score (nSPS) is 28.7. The number of benzene rings is 1. The molecule has 2 heterocycles. The number of nitrogen functional groups attached to an aromatic ring is 1. The van der Waals surface area contributed by atoms with Crippen LogP contribution in [0.5, 0.6) is 0 Å². The summed E-state index contributed by atoms with van der Waals surface area (Å²) in [5, 5.41) is 7.77. The van der Waals surface area contributed by atoms with Crippen molar-refractivity contribution < 1.29 is 4.74 Å². The molecule has 1 aromatic carbocycles. The van der Waals surface area contributed by atoms with Crippen molar-refractivity contribution in [1.82, 2.24) is 0 Å². The molecule has 5 heteroatoms. The van der Waals surface area contributed by atoms with Gasteiger partial charge >= 0.3 is 0 Å². The first-order valence-corrected chi connectivity index (χ1v) is 8.65. The van der Waals surface area contributed by atoms with Crippen molar-refractivity contribution in [2.75, 3.05) is 30.1 Å². The summed E-state index contributed by atoms with van der Waals surface area (Å²) in [6, 6.07) is 8.39. The van der Waals surface area contributed by atoms with E-state index in [1.807, 2.05) is 30.0 Å². The highest BCUT2D eigenvalue weighted by Gasteiger charge is 2.41. The van der Waals surface area contributed by atoms with E-state index in [1.54, 1.807) is 0 Å². The molecular weight excluding hydrogens is 282 g/mol. The van der Waals surface area contributed by atoms with Gasteiger partial charge in [-0.2, -0.15) is 11.8 Å². The van der Waals surface area contributed by atoms with Crippen LogP contribution in [0.3, 0.4) is 0 Å². The van der Waals surface area contributed by atoms with Crippen molar-refractivity contribution in [1.29, 1.82) is 5.41 Å². The van der Waals surface area contributed by atoms with Crippen LogP contribution < -0.4 is 10.6 Å². The molecule has 21 heavy (non-hydrogen) atoms. The van der Waals surface area contributed by atoms with E-state index in [-0.39, 0.29) is 11.4 Å². The predicted molar refractivity (Wildman–Crippen MR) is 89.5 cm³/mol. The minimum Gasteiger partial charge on any atom is -0.384 e. The number of thioether (sulfide) groups is 1. The Balaban J connectivity index is 1.81. The Bertz CT molecular complexity index is 528. The van der Waals surface area contributed by atoms with Crippen molar-refractivity contribution >= 4 is 23.3 Å². The molecular formula is C16H23N3OS. The van der Waals surface area contributed by atoms with Gasteiger partial charge in [-0.1, -0.05) is 12.1 Å². The molecule has 3 rings (SSSR count). The Hall–Kier alpha value is -1.20. The average Bonchev–Trinajstić information content (AvgIpc) is 2.94. The van der Waals surface area contributed by atoms with Crippen LogP contribution in [0, 0.1) is 5.41 Å². The van der Waals surface area contributed by atoms with Crippen LogP contribution in [0.2, 0.25) is 0 Å². The average molecular weight is 305 g/mol. The van der Waals surface area contributed by atoms with E-state index in [2.05, 4.69) is 18.0 Å². The number of anilines is 1. The smallest absolute Gasteiger partial charge is 0.124 e. The number of para-hydroxylation sites is 1. The lowest BCUT2D eigenvalue weighted by Crippen LogP contribution is -2.48. The summed E-state index contributed by atoms with van der Waals surface area (Å²) in [5.74, 6) is 2.46. The molecule has 0 aliphatic carbocycles. The Morgan fingerprint density at radius 1 is 1.48 bits per heavy atom. The first-order valence-electron chi connectivity index (χ1n) is 7.49. The standard InChI is InChI=1S/C16H23N3OS/c1-19(14-5-3-2-4-13(14)15(17)18)12-6-8-20-16(10-12)7-9-21-11-16/h2-5,12H,6-11H2,1H3,(H3,17,18). The molecule has 0 aromatic heterocycles. The number of rotatable bonds is 3. The minimum atomic E-state index is 0.0764. The zero-order chi connectivity index (χ0) is 14.9. The number of nitrogens with zero attached hydrogens (tertiary/aromatic N) is 1. The zero-order valence-corrected chi connectivity index (χ0v) is 13.3. The fraction of sp³-hybridized carbons (Fsp3) is 0.562. The van der Waals surface area contributed by atoms with Gasteiger partial charge in [0.25, 0.3) is 0 Å². The van der Waals surface area contributed by atoms with Crippen molar-refractivity contribution in [3.05, 3.63) is 29.8 Å². The number of amidine groups is 1. The topological polar surface area (TPSA) is 62.3 Å². The van der Waals surface area contributed by atoms with Crippen molar-refractivity contribution in [3.63, 3.8) is 0 Å². The highest BCUT2D eigenvalue weighted by molar-refractivity contribution is 7.99. The Morgan fingerprint density at radius 2 is 2.29 bits per heavy atom. The van der Waals surface area contributed by atoms with Gasteiger partial charge in [-0.25, -0.2) is 0 Å². The first-order chi connectivity index (χ1) is 10.1. The van der Waals surface area contributed by atoms with E-state index in [0.29, 0.717) is 6.04 Å². The molecule has 0 amide bonds. The SMILES string of the molecule is CN(c1ccccc1C(=N)N)C1CCOC2(CCSC2)C1. The van der Waals surface area contributed by atoms with E-state index in [4.69, 9.17) is 15.9 Å². The van der Waals surface area contributed by atoms with Gasteiger partial charge in [0.15, 0.2) is 0 Å². The molecule has 4 nitrogen and oxygen atoms in total. The highest BCUT2D eigenvalue weighted by Crippen LogP contribution is 2.40. The van der Waals surface area contributed by atoms with Gasteiger partial charge in [-0.05, 0) is 37.1 Å². The lowest BCUT2D eigenvalue weighted by Gasteiger charge is -2.42. The number of nitrogens with two attached hydrogens (primary N) is 1. The van der Waals surface area contributed by atoms with Crippen LogP contribution in [0.1, 0.15) is 24.8 Å². The van der Waals surface area contributed by atoms with Gasteiger partial charge in [-0.15, -0.1) is 0 Å². The van der Waals surface area contributed by atoms with E-state index >= 15 is 0 Å². The summed E-state index contributed by atoms with van der Waals surface area (Å²) in [6.45, 7) is 0.831. The number of hydrogen-bond acceptors (Lipinski definition) is 4. The van der Waals surface area contributed by atoms with Gasteiger partial charge in [0.2, 0.25) is 0 Å². The van der Waals surface area contributed by atoms with Gasteiger partial charge in [0, 0.05) is 36.7 Å². The predicted octanol–water partition coefficient (Wildman–Crippen LogP) is 2.46. The molecule has 2 fully saturated rings. The maximum absolute atomic E-state index is 7.77. The second kappa shape index (κ2) is 5.89. The van der Waals surface area contributed by atoms with Gasteiger partial charge < -0.3 is 15.4 Å². The number of hydrogen-bond donors (Lipinski definition) is 2. The van der Waals surface area contributed by atoms with E-state index in [1.165, 1.54) is 5.75 Å². The van der Waals surface area contributed by atoms with Gasteiger partial charge in [-0.3, -0.25) is 5.41 Å². The van der Waals surface area contributed by atoms with E-state index < -0.39 is 0 Å². The van der Waals surface area contributed by atoms with Gasteiger partial charge in [0.05, 0.1) is 5.60 Å². The van der Waals surface area contributed by atoms with Gasteiger partial charge in [0.1, 0.15) is 5.84 Å². The third kappa shape index (κ3) is 2.90. The van der Waals surface area contributed by atoms with Crippen LogP contribution in [0.15, 0.2) is 24.3 Å². The van der Waals surface area contributed by atoms with Crippen molar-refractivity contribution in [2.24, 2.45) is 5.73 Å². The number of ether oxygens (including phenoxy) is 1. The Morgan fingerprint density at radius 3 is 3.00 bits per heavy atom. The summed E-state index contributed by atoms with van der Waals surface area (Å²) in [5.41, 5.74) is 7.68. The Kier molecular flexibility index (Phi) is 4.13. The first kappa shape index (κ1) is 14.7. The van der Waals surface area contributed by atoms with Crippen LogP contribution in [-0.4, -0.2) is 42.6 Å². The molecule has 2 aliphatic heterocycles. The Labute approximate surface area is 130 Å². The minimum absolute atomic E-state index is 0.0764. The van der Waals surface area contributed by atoms with Crippen LogP contribution in [-0.2, 0) is 4.74 Å². The van der Waals surface area contributed by atoms with Crippen molar-refractivity contribution in [2.45, 2.75) is 30.9 Å². The highest BCUT2D eigenvalue weighted by atomic mass is 32.2. The van der Waals surface area contributed by atoms with E-state index in [0.717, 1.165) is 42.9 Å². The molecule has 2 unspecified atom stereocenters.